The van der Waals surface area contributed by atoms with Gasteiger partial charge in [-0.3, -0.25) is 0 Å². The topological polar surface area (TPSA) is 45.4 Å². The zero-order valence-corrected chi connectivity index (χ0v) is 9.15. The van der Waals surface area contributed by atoms with Gasteiger partial charge in [0.15, 0.2) is 0 Å². The molecule has 84 valence electrons. The third-order valence-corrected chi connectivity index (χ3v) is 3.07. The van der Waals surface area contributed by atoms with Gasteiger partial charge in [-0.05, 0) is 38.3 Å². The van der Waals surface area contributed by atoms with Gasteiger partial charge in [0.25, 0.3) is 0 Å². The molecule has 2 rings (SSSR count). The summed E-state index contributed by atoms with van der Waals surface area (Å²) in [6.45, 7) is 2.13. The van der Waals surface area contributed by atoms with Crippen LogP contribution in [-0.4, -0.2) is 23.3 Å². The van der Waals surface area contributed by atoms with Gasteiger partial charge in [0, 0.05) is 18.5 Å². The molecule has 1 aliphatic rings. The average Bonchev–Trinajstić information content (AvgIpc) is 2.79. The van der Waals surface area contributed by atoms with Gasteiger partial charge in [-0.25, -0.2) is 0 Å². The number of rotatable bonds is 4. The number of aliphatic hydroxyl groups excluding tert-OH is 1. The molecule has 1 aliphatic carbocycles. The highest BCUT2D eigenvalue weighted by Crippen LogP contribution is 2.19. The Kier molecular flexibility index (Phi) is 3.44. The molecular formula is C12H19NO2. The molecule has 1 saturated carbocycles. The predicted molar refractivity (Wildman–Crippen MR) is 58.7 cm³/mol. The maximum atomic E-state index is 9.68. The molecule has 0 saturated heterocycles. The Bertz CT molecular complexity index is 284. The first-order valence-corrected chi connectivity index (χ1v) is 5.72. The van der Waals surface area contributed by atoms with Crippen LogP contribution in [-0.2, 0) is 6.42 Å². The van der Waals surface area contributed by atoms with E-state index >= 15 is 0 Å². The number of furan rings is 1. The van der Waals surface area contributed by atoms with E-state index in [9.17, 15) is 5.11 Å². The summed E-state index contributed by atoms with van der Waals surface area (Å²) in [4.78, 5) is 0. The normalized spacial score (nSPS) is 28.1. The van der Waals surface area contributed by atoms with Crippen molar-refractivity contribution < 1.29 is 9.52 Å². The van der Waals surface area contributed by atoms with E-state index in [0.29, 0.717) is 6.04 Å². The standard InChI is InChI=1S/C12H19NO2/c1-9(8-10-4-3-7-15-10)13-11-5-2-6-12(11)14/h3-4,7,9,11-14H,2,5-6,8H2,1H3. The van der Waals surface area contributed by atoms with E-state index in [1.54, 1.807) is 6.26 Å². The Balaban J connectivity index is 1.79. The Morgan fingerprint density at radius 1 is 1.60 bits per heavy atom. The fraction of sp³-hybridized carbons (Fsp3) is 0.667. The van der Waals surface area contributed by atoms with Crippen molar-refractivity contribution in [3.63, 3.8) is 0 Å². The molecule has 2 N–H and O–H groups in total. The molecule has 1 aromatic heterocycles. The first kappa shape index (κ1) is 10.7. The van der Waals surface area contributed by atoms with Crippen molar-refractivity contribution in [3.8, 4) is 0 Å². The summed E-state index contributed by atoms with van der Waals surface area (Å²) in [5.74, 6) is 1.00. The van der Waals surface area contributed by atoms with Crippen LogP contribution in [0.15, 0.2) is 22.8 Å². The molecule has 3 unspecified atom stereocenters. The lowest BCUT2D eigenvalue weighted by atomic mass is 10.1. The van der Waals surface area contributed by atoms with E-state index in [0.717, 1.165) is 31.4 Å². The minimum atomic E-state index is -0.163. The molecule has 0 aromatic carbocycles. The summed E-state index contributed by atoms with van der Waals surface area (Å²) < 4.78 is 5.29. The fourth-order valence-electron chi connectivity index (χ4n) is 2.29. The Labute approximate surface area is 90.5 Å². The van der Waals surface area contributed by atoms with Crippen LogP contribution in [0.5, 0.6) is 0 Å². The Morgan fingerprint density at radius 3 is 3.07 bits per heavy atom. The number of hydrogen-bond donors (Lipinski definition) is 2. The van der Waals surface area contributed by atoms with Gasteiger partial charge in [-0.15, -0.1) is 0 Å². The fourth-order valence-corrected chi connectivity index (χ4v) is 2.29. The third kappa shape index (κ3) is 2.83. The average molecular weight is 209 g/mol. The van der Waals surface area contributed by atoms with Gasteiger partial charge in [0.1, 0.15) is 5.76 Å². The second kappa shape index (κ2) is 4.81. The molecule has 1 aromatic rings. The third-order valence-electron chi connectivity index (χ3n) is 3.07. The monoisotopic (exact) mass is 209 g/mol. The number of hydrogen-bond acceptors (Lipinski definition) is 3. The van der Waals surface area contributed by atoms with E-state index in [4.69, 9.17) is 4.42 Å². The molecule has 0 spiro atoms. The lowest BCUT2D eigenvalue weighted by Gasteiger charge is -2.21. The highest BCUT2D eigenvalue weighted by Gasteiger charge is 2.26. The van der Waals surface area contributed by atoms with E-state index in [1.807, 2.05) is 12.1 Å². The molecule has 0 aliphatic heterocycles. The van der Waals surface area contributed by atoms with E-state index < -0.39 is 0 Å². The van der Waals surface area contributed by atoms with Crippen LogP contribution in [0, 0.1) is 0 Å². The molecular weight excluding hydrogens is 190 g/mol. The van der Waals surface area contributed by atoms with Gasteiger partial charge < -0.3 is 14.8 Å². The minimum absolute atomic E-state index is 0.163. The maximum Gasteiger partial charge on any atom is 0.105 e. The molecule has 0 amide bonds. The summed E-state index contributed by atoms with van der Waals surface area (Å²) in [6, 6.07) is 4.53. The van der Waals surface area contributed by atoms with Crippen LogP contribution in [0.1, 0.15) is 31.9 Å². The van der Waals surface area contributed by atoms with Crippen molar-refractivity contribution in [1.82, 2.24) is 5.32 Å². The largest absolute Gasteiger partial charge is 0.469 e. The molecule has 0 radical (unpaired) electrons. The molecule has 0 bridgehead atoms. The van der Waals surface area contributed by atoms with Crippen LogP contribution in [0.25, 0.3) is 0 Å². The van der Waals surface area contributed by atoms with Gasteiger partial charge in [0.2, 0.25) is 0 Å². The second-order valence-electron chi connectivity index (χ2n) is 4.46. The molecule has 3 nitrogen and oxygen atoms in total. The zero-order chi connectivity index (χ0) is 10.7. The molecule has 3 atom stereocenters. The summed E-state index contributed by atoms with van der Waals surface area (Å²) in [5, 5.41) is 13.1. The zero-order valence-electron chi connectivity index (χ0n) is 9.15. The molecule has 15 heavy (non-hydrogen) atoms. The smallest absolute Gasteiger partial charge is 0.105 e. The second-order valence-corrected chi connectivity index (χ2v) is 4.46. The van der Waals surface area contributed by atoms with Gasteiger partial charge in [-0.2, -0.15) is 0 Å². The summed E-state index contributed by atoms with van der Waals surface area (Å²) in [7, 11) is 0. The van der Waals surface area contributed by atoms with E-state index in [2.05, 4.69) is 12.2 Å². The molecule has 3 heteroatoms. The summed E-state index contributed by atoms with van der Waals surface area (Å²) >= 11 is 0. The van der Waals surface area contributed by atoms with Crippen LogP contribution in [0.3, 0.4) is 0 Å². The summed E-state index contributed by atoms with van der Waals surface area (Å²) in [5.41, 5.74) is 0. The molecule has 1 fully saturated rings. The van der Waals surface area contributed by atoms with Crippen molar-refractivity contribution in [1.29, 1.82) is 0 Å². The van der Waals surface area contributed by atoms with Crippen molar-refractivity contribution in [3.05, 3.63) is 24.2 Å². The lowest BCUT2D eigenvalue weighted by Crippen LogP contribution is -2.42. The van der Waals surface area contributed by atoms with Crippen molar-refractivity contribution >= 4 is 0 Å². The number of nitrogens with one attached hydrogen (secondary N) is 1. The van der Waals surface area contributed by atoms with Crippen molar-refractivity contribution in [2.75, 3.05) is 0 Å². The maximum absolute atomic E-state index is 9.68. The predicted octanol–water partition coefficient (Wildman–Crippen LogP) is 1.71. The van der Waals surface area contributed by atoms with Crippen molar-refractivity contribution in [2.24, 2.45) is 0 Å². The van der Waals surface area contributed by atoms with E-state index in [-0.39, 0.29) is 12.1 Å². The van der Waals surface area contributed by atoms with Crippen LogP contribution in [0.2, 0.25) is 0 Å². The summed E-state index contributed by atoms with van der Waals surface area (Å²) in [6.07, 6.45) is 5.58. The van der Waals surface area contributed by atoms with Crippen LogP contribution in [0.4, 0.5) is 0 Å². The minimum Gasteiger partial charge on any atom is -0.469 e. The molecule has 1 heterocycles. The van der Waals surface area contributed by atoms with Crippen LogP contribution < -0.4 is 5.32 Å². The first-order valence-electron chi connectivity index (χ1n) is 5.72. The highest BCUT2D eigenvalue weighted by atomic mass is 16.3. The Morgan fingerprint density at radius 2 is 2.47 bits per heavy atom. The highest BCUT2D eigenvalue weighted by molar-refractivity contribution is 5.00. The Hall–Kier alpha value is -0.800. The van der Waals surface area contributed by atoms with Crippen molar-refractivity contribution in [2.45, 2.75) is 50.8 Å². The van der Waals surface area contributed by atoms with Gasteiger partial charge >= 0.3 is 0 Å². The van der Waals surface area contributed by atoms with E-state index in [1.165, 1.54) is 0 Å². The SMILES string of the molecule is CC(Cc1ccco1)NC1CCCC1O. The number of aliphatic hydroxyl groups is 1. The van der Waals surface area contributed by atoms with Gasteiger partial charge in [0.05, 0.1) is 12.4 Å². The lowest BCUT2D eigenvalue weighted by molar-refractivity contribution is 0.143. The first-order chi connectivity index (χ1) is 7.25. The van der Waals surface area contributed by atoms with Gasteiger partial charge in [-0.1, -0.05) is 0 Å². The quantitative estimate of drug-likeness (QED) is 0.793. The van der Waals surface area contributed by atoms with Crippen LogP contribution >= 0.6 is 0 Å².